The fourth-order valence-electron chi connectivity index (χ4n) is 8.45. The molecule has 0 aromatic heterocycles. The predicted octanol–water partition coefficient (Wildman–Crippen LogP) is 5.18. The van der Waals surface area contributed by atoms with Crippen molar-refractivity contribution in [1.29, 1.82) is 0 Å². The summed E-state index contributed by atoms with van der Waals surface area (Å²) in [4.78, 5) is 20.6. The highest BCUT2D eigenvalue weighted by molar-refractivity contribution is 7.90. The van der Waals surface area contributed by atoms with Crippen LogP contribution in [0.4, 0.5) is 5.69 Å². The molecule has 3 heterocycles. The fraction of sp³-hybridized carbons (Fsp3) is 0.625. The van der Waals surface area contributed by atoms with Crippen LogP contribution in [0.25, 0.3) is 0 Å². The zero-order valence-electron chi connectivity index (χ0n) is 32.1. The topological polar surface area (TPSA) is 126 Å². The molecule has 2 aromatic rings. The van der Waals surface area contributed by atoms with E-state index in [4.69, 9.17) is 21.1 Å². The quantitative estimate of drug-likeness (QED) is 0.391. The summed E-state index contributed by atoms with van der Waals surface area (Å²) in [6, 6.07) is 11.1. The van der Waals surface area contributed by atoms with Crippen LogP contribution in [0.1, 0.15) is 67.4 Å². The molecule has 54 heavy (non-hydrogen) atoms. The third kappa shape index (κ3) is 9.81. The van der Waals surface area contributed by atoms with Gasteiger partial charge < -0.3 is 14.4 Å². The SMILES string of the molecule is CO[C@@]1(CN2CCN(CCS(C)(=O)=O)CC2)/C=C/C[C@H](C)[C@@H](C)S(=O)(=O)NC(=O)c2ccc3c(c2)N(CCCCc2cc(Cl)ccc2CO3)C[C@@H]2CC[C@H]21. The van der Waals surface area contributed by atoms with Gasteiger partial charge in [-0.15, -0.1) is 0 Å². The number of sulfonamides is 1. The lowest BCUT2D eigenvalue weighted by atomic mass is 9.63. The Morgan fingerprint density at radius 1 is 1.00 bits per heavy atom. The van der Waals surface area contributed by atoms with Gasteiger partial charge >= 0.3 is 0 Å². The van der Waals surface area contributed by atoms with Gasteiger partial charge in [-0.2, -0.15) is 0 Å². The Balaban J connectivity index is 1.34. The average molecular weight is 806 g/mol. The number of anilines is 1. The second kappa shape index (κ2) is 17.2. The zero-order chi connectivity index (χ0) is 38.7. The molecule has 1 N–H and O–H groups in total. The number of ether oxygens (including phenoxy) is 2. The standard InChI is InChI=1S/C40H57ClN4O7S2/c1-29-8-7-16-40(51-3,28-44-20-18-43(19-21-44)22-23-53(4,47)48)36-14-11-33(36)26-45-17-6-5-9-31-24-35(41)13-10-34(31)27-52-38-15-12-32(25-37(38)45)39(46)42-54(49,50)30(29)2/h7,10,12-13,15-16,24-25,29-30,33,36H,5-6,8-9,11,14,17-23,26-28H2,1-4H3,(H,42,46)/b16-7+/t29-,30+,33-,36+,40+/m0/s1. The van der Waals surface area contributed by atoms with Crippen LogP contribution in [-0.4, -0.2) is 115 Å². The molecule has 0 spiro atoms. The number of fused-ring (bicyclic) bond motifs is 3. The number of nitrogens with zero attached hydrogens (tertiary/aromatic N) is 3. The Morgan fingerprint density at radius 2 is 1.76 bits per heavy atom. The minimum atomic E-state index is -3.99. The van der Waals surface area contributed by atoms with Crippen LogP contribution in [0.5, 0.6) is 5.75 Å². The van der Waals surface area contributed by atoms with Crippen molar-refractivity contribution in [3.8, 4) is 5.75 Å². The highest BCUT2D eigenvalue weighted by Crippen LogP contribution is 2.47. The Bertz CT molecular complexity index is 1900. The van der Waals surface area contributed by atoms with Gasteiger partial charge in [0.15, 0.2) is 0 Å². The number of carbonyl (C=O) groups excluding carboxylic acids is 1. The number of rotatable bonds is 6. The average Bonchev–Trinajstić information content (AvgIpc) is 3.14. The monoisotopic (exact) mass is 804 g/mol. The number of hydrogen-bond acceptors (Lipinski definition) is 10. The Kier molecular flexibility index (Phi) is 13.1. The molecule has 6 rings (SSSR count). The van der Waals surface area contributed by atoms with Crippen LogP contribution < -0.4 is 14.4 Å². The number of benzene rings is 2. The minimum absolute atomic E-state index is 0.158. The Hall–Kier alpha value is -2.68. The van der Waals surface area contributed by atoms with Crippen molar-refractivity contribution >= 4 is 43.1 Å². The van der Waals surface area contributed by atoms with Crippen LogP contribution in [0.2, 0.25) is 5.02 Å². The van der Waals surface area contributed by atoms with Gasteiger partial charge in [-0.3, -0.25) is 14.6 Å². The summed E-state index contributed by atoms with van der Waals surface area (Å²) in [5.74, 6) is 0.380. The number of methoxy groups -OCH3 is 1. The highest BCUT2D eigenvalue weighted by atomic mass is 35.5. The van der Waals surface area contributed by atoms with Crippen LogP contribution in [0, 0.1) is 17.8 Å². The molecular formula is C40H57ClN4O7S2. The molecule has 1 saturated carbocycles. The number of aryl methyl sites for hydroxylation is 1. The van der Waals surface area contributed by atoms with Crippen molar-refractivity contribution in [2.75, 3.05) is 76.4 Å². The maximum atomic E-state index is 13.6. The minimum Gasteiger partial charge on any atom is -0.487 e. The van der Waals surface area contributed by atoms with Gasteiger partial charge in [-0.05, 0) is 105 Å². The summed E-state index contributed by atoms with van der Waals surface area (Å²) < 4.78 is 66.3. The maximum absolute atomic E-state index is 13.6. The van der Waals surface area contributed by atoms with Crippen LogP contribution in [0.3, 0.4) is 0 Å². The summed E-state index contributed by atoms with van der Waals surface area (Å²) in [7, 11) is -5.23. The molecule has 0 unspecified atom stereocenters. The molecule has 3 aliphatic heterocycles. The molecule has 11 nitrogen and oxygen atoms in total. The van der Waals surface area contributed by atoms with Crippen LogP contribution in [0.15, 0.2) is 48.6 Å². The van der Waals surface area contributed by atoms with Crippen molar-refractivity contribution in [2.24, 2.45) is 17.8 Å². The molecular weight excluding hydrogens is 748 g/mol. The predicted molar refractivity (Wildman–Crippen MR) is 215 cm³/mol. The van der Waals surface area contributed by atoms with Gasteiger partial charge in [0.2, 0.25) is 10.0 Å². The number of nitrogens with one attached hydrogen (secondary N) is 1. The first-order chi connectivity index (χ1) is 25.7. The summed E-state index contributed by atoms with van der Waals surface area (Å²) in [5.41, 5.74) is 2.67. The maximum Gasteiger partial charge on any atom is 0.264 e. The van der Waals surface area contributed by atoms with Gasteiger partial charge in [0.05, 0.1) is 16.7 Å². The number of allylic oxidation sites excluding steroid dienone is 1. The van der Waals surface area contributed by atoms with E-state index in [-0.39, 0.29) is 23.2 Å². The van der Waals surface area contributed by atoms with Crippen molar-refractivity contribution < 1.29 is 31.1 Å². The normalized spacial score (nSPS) is 29.4. The first kappa shape index (κ1) is 41.0. The summed E-state index contributed by atoms with van der Waals surface area (Å²) in [6.07, 6.45) is 10.8. The smallest absolute Gasteiger partial charge is 0.264 e. The largest absolute Gasteiger partial charge is 0.487 e. The van der Waals surface area contributed by atoms with Gasteiger partial charge in [0.1, 0.15) is 27.8 Å². The molecule has 298 valence electrons. The second-order valence-corrected chi connectivity index (χ2v) is 20.7. The highest BCUT2D eigenvalue weighted by Gasteiger charge is 2.48. The molecule has 1 saturated heterocycles. The van der Waals surface area contributed by atoms with Crippen molar-refractivity contribution in [2.45, 2.75) is 69.8 Å². The molecule has 0 radical (unpaired) electrons. The number of halogens is 1. The van der Waals surface area contributed by atoms with Crippen molar-refractivity contribution in [3.05, 3.63) is 70.3 Å². The van der Waals surface area contributed by atoms with Gasteiger partial charge in [0, 0.05) is 76.3 Å². The van der Waals surface area contributed by atoms with Gasteiger partial charge in [-0.25, -0.2) is 21.6 Å². The number of amides is 1. The molecule has 4 aliphatic rings. The zero-order valence-corrected chi connectivity index (χ0v) is 34.5. The molecule has 2 aromatic carbocycles. The Morgan fingerprint density at radius 3 is 2.46 bits per heavy atom. The number of sulfone groups is 1. The van der Waals surface area contributed by atoms with Crippen LogP contribution >= 0.6 is 11.6 Å². The van der Waals surface area contributed by atoms with Crippen molar-refractivity contribution in [1.82, 2.24) is 14.5 Å². The van der Waals surface area contributed by atoms with Gasteiger partial charge in [-0.1, -0.05) is 36.7 Å². The molecule has 5 atom stereocenters. The molecule has 1 amide bonds. The number of hydrogen-bond donors (Lipinski definition) is 1. The lowest BCUT2D eigenvalue weighted by Crippen LogP contribution is -2.58. The lowest BCUT2D eigenvalue weighted by molar-refractivity contribution is -0.0952. The van der Waals surface area contributed by atoms with E-state index in [1.165, 1.54) is 11.8 Å². The second-order valence-electron chi connectivity index (χ2n) is 15.9. The molecule has 14 heteroatoms. The van der Waals surface area contributed by atoms with E-state index >= 15 is 0 Å². The fourth-order valence-corrected chi connectivity index (χ4v) is 10.5. The summed E-state index contributed by atoms with van der Waals surface area (Å²) in [5, 5.41) is -0.120. The van der Waals surface area contributed by atoms with E-state index < -0.39 is 36.6 Å². The third-order valence-electron chi connectivity index (χ3n) is 12.3. The Labute approximate surface area is 327 Å². The van der Waals surface area contributed by atoms with E-state index in [9.17, 15) is 21.6 Å². The van der Waals surface area contributed by atoms with E-state index in [0.29, 0.717) is 42.8 Å². The van der Waals surface area contributed by atoms with Crippen molar-refractivity contribution in [3.63, 3.8) is 0 Å². The molecule has 1 aliphatic carbocycles. The first-order valence-corrected chi connectivity index (χ1v) is 23.3. The summed E-state index contributed by atoms with van der Waals surface area (Å²) in [6.45, 7) is 9.77. The molecule has 2 fully saturated rings. The van der Waals surface area contributed by atoms with E-state index in [0.717, 1.165) is 82.6 Å². The van der Waals surface area contributed by atoms with E-state index in [1.54, 1.807) is 32.2 Å². The van der Waals surface area contributed by atoms with Gasteiger partial charge in [0.25, 0.3) is 5.91 Å². The van der Waals surface area contributed by atoms with E-state index in [2.05, 4.69) is 31.6 Å². The van der Waals surface area contributed by atoms with E-state index in [1.807, 2.05) is 25.1 Å². The lowest BCUT2D eigenvalue weighted by Gasteiger charge is -2.52. The molecule has 2 bridgehead atoms. The third-order valence-corrected chi connectivity index (χ3v) is 15.3. The first-order valence-electron chi connectivity index (χ1n) is 19.4. The number of carbonyl (C=O) groups is 1. The van der Waals surface area contributed by atoms with Crippen LogP contribution in [-0.2, 0) is 37.6 Å². The number of piperazine rings is 1. The summed E-state index contributed by atoms with van der Waals surface area (Å²) >= 11 is 6.39.